The molecular weight excluding hydrogens is 200 g/mol. The SMILES string of the molecule is [CH2]S(=O)(=O)Cc1cc2cccnc2[nH]1. The van der Waals surface area contributed by atoms with Crippen molar-refractivity contribution in [3.63, 3.8) is 0 Å². The van der Waals surface area contributed by atoms with E-state index in [2.05, 4.69) is 16.2 Å². The van der Waals surface area contributed by atoms with Gasteiger partial charge in [-0.3, -0.25) is 0 Å². The van der Waals surface area contributed by atoms with Crippen LogP contribution in [-0.2, 0) is 15.6 Å². The Morgan fingerprint density at radius 1 is 1.50 bits per heavy atom. The van der Waals surface area contributed by atoms with Crippen molar-refractivity contribution in [1.29, 1.82) is 0 Å². The van der Waals surface area contributed by atoms with Crippen molar-refractivity contribution in [3.05, 3.63) is 36.3 Å². The van der Waals surface area contributed by atoms with Gasteiger partial charge in [0.1, 0.15) is 5.65 Å². The van der Waals surface area contributed by atoms with E-state index in [1.54, 1.807) is 18.3 Å². The number of aromatic nitrogens is 2. The Hall–Kier alpha value is -1.36. The summed E-state index contributed by atoms with van der Waals surface area (Å²) < 4.78 is 21.9. The molecule has 0 fully saturated rings. The topological polar surface area (TPSA) is 62.8 Å². The first-order valence-corrected chi connectivity index (χ1v) is 5.85. The molecule has 5 heteroatoms. The largest absolute Gasteiger partial charge is 0.342 e. The van der Waals surface area contributed by atoms with Crippen LogP contribution in [0.4, 0.5) is 0 Å². The van der Waals surface area contributed by atoms with E-state index >= 15 is 0 Å². The second-order valence-corrected chi connectivity index (χ2v) is 4.90. The molecule has 0 aliphatic carbocycles. The van der Waals surface area contributed by atoms with E-state index in [9.17, 15) is 8.42 Å². The highest BCUT2D eigenvalue weighted by molar-refractivity contribution is 7.91. The third kappa shape index (κ3) is 1.93. The van der Waals surface area contributed by atoms with Gasteiger partial charge < -0.3 is 4.98 Å². The normalized spacial score (nSPS) is 12.1. The van der Waals surface area contributed by atoms with E-state index in [0.29, 0.717) is 11.3 Å². The molecule has 73 valence electrons. The zero-order chi connectivity index (χ0) is 10.2. The van der Waals surface area contributed by atoms with Crippen molar-refractivity contribution < 1.29 is 8.42 Å². The first kappa shape index (κ1) is 9.21. The molecule has 0 aromatic carbocycles. The molecule has 0 unspecified atom stereocenters. The Morgan fingerprint density at radius 3 is 2.93 bits per heavy atom. The van der Waals surface area contributed by atoms with Crippen LogP contribution in [-0.4, -0.2) is 18.4 Å². The molecule has 0 saturated heterocycles. The lowest BCUT2D eigenvalue weighted by Crippen LogP contribution is -1.97. The molecule has 1 N–H and O–H groups in total. The van der Waals surface area contributed by atoms with Gasteiger partial charge in [0, 0.05) is 17.3 Å². The van der Waals surface area contributed by atoms with Crippen molar-refractivity contribution in [2.24, 2.45) is 0 Å². The van der Waals surface area contributed by atoms with E-state index in [0.717, 1.165) is 5.39 Å². The quantitative estimate of drug-likeness (QED) is 0.810. The lowest BCUT2D eigenvalue weighted by molar-refractivity contribution is 0.603. The van der Waals surface area contributed by atoms with E-state index in [1.165, 1.54) is 0 Å². The Kier molecular flexibility index (Phi) is 2.03. The highest BCUT2D eigenvalue weighted by Crippen LogP contribution is 2.13. The van der Waals surface area contributed by atoms with Gasteiger partial charge in [0.15, 0.2) is 9.84 Å². The summed E-state index contributed by atoms with van der Waals surface area (Å²) in [5, 5.41) is 0.908. The number of fused-ring (bicyclic) bond motifs is 1. The smallest absolute Gasteiger partial charge is 0.156 e. The molecule has 0 amide bonds. The van der Waals surface area contributed by atoms with Crippen LogP contribution in [0, 0.1) is 6.26 Å². The Morgan fingerprint density at radius 2 is 2.29 bits per heavy atom. The number of nitrogens with zero attached hydrogens (tertiary/aromatic N) is 1. The lowest BCUT2D eigenvalue weighted by atomic mass is 10.3. The van der Waals surface area contributed by atoms with Gasteiger partial charge >= 0.3 is 0 Å². The fourth-order valence-electron chi connectivity index (χ4n) is 1.33. The molecule has 0 aliphatic heterocycles. The maximum absolute atomic E-state index is 10.9. The fraction of sp³-hybridized carbons (Fsp3) is 0.111. The fourth-order valence-corrected chi connectivity index (χ4v) is 1.96. The summed E-state index contributed by atoms with van der Waals surface area (Å²) in [6, 6.07) is 5.45. The van der Waals surface area contributed by atoms with Crippen molar-refractivity contribution in [2.75, 3.05) is 0 Å². The minimum atomic E-state index is -3.23. The van der Waals surface area contributed by atoms with Gasteiger partial charge in [-0.2, -0.15) is 0 Å². The van der Waals surface area contributed by atoms with Crippen LogP contribution in [0.25, 0.3) is 11.0 Å². The first-order chi connectivity index (χ1) is 6.54. The standard InChI is InChI=1S/C9H9N2O2S/c1-14(12,13)6-8-5-7-3-2-4-10-9(7)11-8/h2-5H,1,6H2,(H,10,11). The molecule has 2 rings (SSSR count). The van der Waals surface area contributed by atoms with Crippen LogP contribution in [0.5, 0.6) is 0 Å². The van der Waals surface area contributed by atoms with E-state index < -0.39 is 9.84 Å². The summed E-state index contributed by atoms with van der Waals surface area (Å²) in [5.41, 5.74) is 1.32. The van der Waals surface area contributed by atoms with Crippen LogP contribution < -0.4 is 0 Å². The summed E-state index contributed by atoms with van der Waals surface area (Å²) in [6.45, 7) is 0. The van der Waals surface area contributed by atoms with Gasteiger partial charge in [0.25, 0.3) is 0 Å². The average Bonchev–Trinajstić information content (AvgIpc) is 2.42. The van der Waals surface area contributed by atoms with Gasteiger partial charge in [-0.05, 0) is 18.2 Å². The molecular formula is C9H9N2O2S. The van der Waals surface area contributed by atoms with Crippen molar-refractivity contribution in [3.8, 4) is 0 Å². The van der Waals surface area contributed by atoms with Crippen LogP contribution in [0.3, 0.4) is 0 Å². The number of sulfone groups is 1. The molecule has 0 aliphatic rings. The molecule has 2 aromatic heterocycles. The number of pyridine rings is 1. The van der Waals surface area contributed by atoms with Crippen LogP contribution >= 0.6 is 0 Å². The minimum absolute atomic E-state index is 0.0800. The average molecular weight is 209 g/mol. The zero-order valence-corrected chi connectivity index (χ0v) is 8.21. The number of nitrogens with one attached hydrogen (secondary N) is 1. The molecule has 0 saturated carbocycles. The maximum atomic E-state index is 10.9. The second kappa shape index (κ2) is 3.09. The van der Waals surface area contributed by atoms with Crippen molar-refractivity contribution in [2.45, 2.75) is 5.75 Å². The molecule has 0 atom stereocenters. The van der Waals surface area contributed by atoms with Gasteiger partial charge in [-0.1, -0.05) is 0 Å². The molecule has 0 bridgehead atoms. The van der Waals surface area contributed by atoms with E-state index in [1.807, 2.05) is 6.07 Å². The summed E-state index contributed by atoms with van der Waals surface area (Å²) in [6.07, 6.45) is 4.72. The van der Waals surface area contributed by atoms with E-state index in [-0.39, 0.29) is 5.75 Å². The number of H-pyrrole nitrogens is 1. The van der Waals surface area contributed by atoms with E-state index in [4.69, 9.17) is 0 Å². The minimum Gasteiger partial charge on any atom is -0.342 e. The van der Waals surface area contributed by atoms with Crippen LogP contribution in [0.2, 0.25) is 0 Å². The zero-order valence-electron chi connectivity index (χ0n) is 7.40. The molecule has 2 aromatic rings. The molecule has 2 heterocycles. The Bertz CT molecular complexity index is 524. The number of aromatic amines is 1. The second-order valence-electron chi connectivity index (χ2n) is 3.12. The number of hydrogen-bond acceptors (Lipinski definition) is 3. The third-order valence-corrected chi connectivity index (χ3v) is 2.57. The van der Waals surface area contributed by atoms with Gasteiger partial charge in [-0.15, -0.1) is 0 Å². The van der Waals surface area contributed by atoms with Crippen LogP contribution in [0.15, 0.2) is 24.4 Å². The van der Waals surface area contributed by atoms with Crippen LogP contribution in [0.1, 0.15) is 5.69 Å². The number of hydrogen-bond donors (Lipinski definition) is 1. The summed E-state index contributed by atoms with van der Waals surface area (Å²) >= 11 is 0. The predicted molar refractivity (Wildman–Crippen MR) is 54.1 cm³/mol. The highest BCUT2D eigenvalue weighted by Gasteiger charge is 2.07. The molecule has 0 spiro atoms. The molecule has 4 nitrogen and oxygen atoms in total. The predicted octanol–water partition coefficient (Wildman–Crippen LogP) is 1.27. The third-order valence-electron chi connectivity index (χ3n) is 1.82. The van der Waals surface area contributed by atoms with Crippen molar-refractivity contribution >= 4 is 20.9 Å². The summed E-state index contributed by atoms with van der Waals surface area (Å²) in [4.78, 5) is 6.98. The van der Waals surface area contributed by atoms with Crippen molar-refractivity contribution in [1.82, 2.24) is 9.97 Å². The van der Waals surface area contributed by atoms with Gasteiger partial charge in [0.05, 0.1) is 12.0 Å². The summed E-state index contributed by atoms with van der Waals surface area (Å²) in [7, 11) is -3.23. The van der Waals surface area contributed by atoms with Gasteiger partial charge in [0.2, 0.25) is 0 Å². The molecule has 1 radical (unpaired) electrons. The highest BCUT2D eigenvalue weighted by atomic mass is 32.2. The molecule has 14 heavy (non-hydrogen) atoms. The van der Waals surface area contributed by atoms with Gasteiger partial charge in [-0.25, -0.2) is 13.4 Å². The lowest BCUT2D eigenvalue weighted by Gasteiger charge is -1.92. The Balaban J connectivity index is 2.46. The summed E-state index contributed by atoms with van der Waals surface area (Å²) in [5.74, 6) is -0.0800. The maximum Gasteiger partial charge on any atom is 0.156 e. The number of rotatable bonds is 2. The monoisotopic (exact) mass is 209 g/mol. The first-order valence-electron chi connectivity index (χ1n) is 4.03. The Labute approximate surface area is 81.9 Å².